The first-order valence-electron chi connectivity index (χ1n) is 6.47. The largest absolute Gasteiger partial charge is 0.496 e. The van der Waals surface area contributed by atoms with Crippen molar-refractivity contribution in [3.8, 4) is 5.75 Å². The third-order valence-electron chi connectivity index (χ3n) is 3.52. The fourth-order valence-corrected chi connectivity index (χ4v) is 2.43. The van der Waals surface area contributed by atoms with Crippen LogP contribution in [-0.2, 0) is 6.42 Å². The van der Waals surface area contributed by atoms with Crippen molar-refractivity contribution in [2.45, 2.75) is 25.3 Å². The van der Waals surface area contributed by atoms with Gasteiger partial charge in [-0.25, -0.2) is 4.39 Å². The minimum atomic E-state index is -0.212. The van der Waals surface area contributed by atoms with Crippen LogP contribution in [0.5, 0.6) is 5.75 Å². The quantitative estimate of drug-likeness (QED) is 0.758. The second-order valence-corrected chi connectivity index (χ2v) is 5.01. The van der Waals surface area contributed by atoms with Crippen LogP contribution in [0.25, 0.3) is 0 Å². The number of rotatable bonds is 6. The van der Waals surface area contributed by atoms with Crippen LogP contribution in [0.3, 0.4) is 0 Å². The molecule has 0 aromatic heterocycles. The van der Waals surface area contributed by atoms with Gasteiger partial charge in [0, 0.05) is 6.04 Å². The highest BCUT2D eigenvalue weighted by Gasteiger charge is 2.24. The molecule has 1 saturated carbocycles. The topological polar surface area (TPSA) is 47.3 Å². The van der Waals surface area contributed by atoms with Gasteiger partial charge >= 0.3 is 0 Å². The molecule has 1 aromatic rings. The van der Waals surface area contributed by atoms with E-state index in [-0.39, 0.29) is 5.82 Å². The van der Waals surface area contributed by atoms with Crippen molar-refractivity contribution in [2.24, 2.45) is 11.7 Å². The van der Waals surface area contributed by atoms with Crippen LogP contribution >= 0.6 is 0 Å². The highest BCUT2D eigenvalue weighted by atomic mass is 19.1. The Morgan fingerprint density at radius 1 is 1.44 bits per heavy atom. The molecule has 0 radical (unpaired) electrons. The van der Waals surface area contributed by atoms with Crippen LogP contribution in [0.2, 0.25) is 0 Å². The maximum absolute atomic E-state index is 13.1. The zero-order valence-corrected chi connectivity index (χ0v) is 10.8. The number of halogens is 1. The number of hydrogen-bond donors (Lipinski definition) is 2. The maximum atomic E-state index is 13.1. The van der Waals surface area contributed by atoms with Crippen molar-refractivity contribution < 1.29 is 9.13 Å². The summed E-state index contributed by atoms with van der Waals surface area (Å²) in [7, 11) is 1.61. The zero-order valence-electron chi connectivity index (χ0n) is 10.8. The number of nitrogens with one attached hydrogen (secondary N) is 1. The molecule has 0 bridgehead atoms. The minimum Gasteiger partial charge on any atom is -0.496 e. The molecule has 18 heavy (non-hydrogen) atoms. The lowest BCUT2D eigenvalue weighted by atomic mass is 9.81. The molecule has 1 fully saturated rings. The summed E-state index contributed by atoms with van der Waals surface area (Å²) in [5, 5.41) is 3.39. The van der Waals surface area contributed by atoms with E-state index in [9.17, 15) is 4.39 Å². The fourth-order valence-electron chi connectivity index (χ4n) is 2.43. The molecule has 2 rings (SSSR count). The summed E-state index contributed by atoms with van der Waals surface area (Å²) in [4.78, 5) is 0. The average Bonchev–Trinajstić information content (AvgIpc) is 2.32. The van der Waals surface area contributed by atoms with Gasteiger partial charge in [-0.1, -0.05) is 0 Å². The lowest BCUT2D eigenvalue weighted by Crippen LogP contribution is -2.41. The van der Waals surface area contributed by atoms with Gasteiger partial charge in [0.05, 0.1) is 7.11 Å². The van der Waals surface area contributed by atoms with Crippen molar-refractivity contribution in [1.29, 1.82) is 0 Å². The molecule has 1 aliphatic carbocycles. The smallest absolute Gasteiger partial charge is 0.123 e. The molecule has 3 nitrogen and oxygen atoms in total. The number of hydrogen-bond acceptors (Lipinski definition) is 3. The van der Waals surface area contributed by atoms with Crippen molar-refractivity contribution in [2.75, 3.05) is 20.2 Å². The molecule has 3 N–H and O–H groups in total. The molecule has 1 aromatic carbocycles. The summed E-state index contributed by atoms with van der Waals surface area (Å²) >= 11 is 0. The van der Waals surface area contributed by atoms with Gasteiger partial charge in [0.2, 0.25) is 0 Å². The second-order valence-electron chi connectivity index (χ2n) is 5.01. The normalized spacial score (nSPS) is 22.6. The van der Waals surface area contributed by atoms with E-state index < -0.39 is 0 Å². The first-order valence-corrected chi connectivity index (χ1v) is 6.47. The fraction of sp³-hybridized carbons (Fsp3) is 0.571. The standard InChI is InChI=1S/C14H21FN2O/c1-18-14-3-2-12(15)8-11(14)4-5-17-9-10-6-13(16)7-10/h2-3,8,10,13,17H,4-7,9,16H2,1H3. The molecule has 0 atom stereocenters. The van der Waals surface area contributed by atoms with Crippen LogP contribution < -0.4 is 15.8 Å². The molecule has 0 saturated heterocycles. The van der Waals surface area contributed by atoms with Gasteiger partial charge in [0.1, 0.15) is 11.6 Å². The first kappa shape index (κ1) is 13.3. The molecular weight excluding hydrogens is 231 g/mol. The molecule has 4 heteroatoms. The zero-order chi connectivity index (χ0) is 13.0. The summed E-state index contributed by atoms with van der Waals surface area (Å²) in [6, 6.07) is 5.04. The Labute approximate surface area is 108 Å². The Balaban J connectivity index is 1.74. The van der Waals surface area contributed by atoms with Gasteiger partial charge in [0.15, 0.2) is 0 Å². The van der Waals surface area contributed by atoms with Gasteiger partial charge < -0.3 is 15.8 Å². The van der Waals surface area contributed by atoms with E-state index in [0.717, 1.165) is 49.6 Å². The molecule has 0 amide bonds. The summed E-state index contributed by atoms with van der Waals surface area (Å²) in [6.45, 7) is 1.84. The van der Waals surface area contributed by atoms with E-state index >= 15 is 0 Å². The lowest BCUT2D eigenvalue weighted by molar-refractivity contribution is 0.257. The summed E-state index contributed by atoms with van der Waals surface area (Å²) < 4.78 is 18.4. The lowest BCUT2D eigenvalue weighted by Gasteiger charge is -2.32. The number of methoxy groups -OCH3 is 1. The molecule has 0 aliphatic heterocycles. The molecular formula is C14H21FN2O. The predicted octanol–water partition coefficient (Wildman–Crippen LogP) is 1.70. The number of ether oxygens (including phenoxy) is 1. The van der Waals surface area contributed by atoms with Gasteiger partial charge in [-0.3, -0.25) is 0 Å². The van der Waals surface area contributed by atoms with Crippen molar-refractivity contribution in [3.63, 3.8) is 0 Å². The molecule has 0 spiro atoms. The van der Waals surface area contributed by atoms with Crippen molar-refractivity contribution >= 4 is 0 Å². The van der Waals surface area contributed by atoms with Crippen LogP contribution in [-0.4, -0.2) is 26.2 Å². The van der Waals surface area contributed by atoms with Crippen LogP contribution in [0.15, 0.2) is 18.2 Å². The second kappa shape index (κ2) is 6.16. The average molecular weight is 252 g/mol. The Kier molecular flexibility index (Phi) is 4.55. The van der Waals surface area contributed by atoms with Crippen LogP contribution in [0, 0.1) is 11.7 Å². The Hall–Kier alpha value is -1.13. The Morgan fingerprint density at radius 2 is 2.22 bits per heavy atom. The molecule has 1 aliphatic rings. The predicted molar refractivity (Wildman–Crippen MR) is 70.2 cm³/mol. The summed E-state index contributed by atoms with van der Waals surface area (Å²) in [6.07, 6.45) is 3.02. The highest BCUT2D eigenvalue weighted by Crippen LogP contribution is 2.24. The van der Waals surface area contributed by atoms with Crippen LogP contribution in [0.1, 0.15) is 18.4 Å². The van der Waals surface area contributed by atoms with Crippen LogP contribution in [0.4, 0.5) is 4.39 Å². The SMILES string of the molecule is COc1ccc(F)cc1CCNCC1CC(N)C1. The van der Waals surface area contributed by atoms with E-state index in [1.165, 1.54) is 6.07 Å². The minimum absolute atomic E-state index is 0.212. The molecule has 0 heterocycles. The first-order chi connectivity index (χ1) is 8.69. The summed E-state index contributed by atoms with van der Waals surface area (Å²) in [5.41, 5.74) is 6.65. The van der Waals surface area contributed by atoms with Gasteiger partial charge in [0.25, 0.3) is 0 Å². The number of nitrogens with two attached hydrogens (primary N) is 1. The van der Waals surface area contributed by atoms with E-state index in [0.29, 0.717) is 6.04 Å². The number of benzene rings is 1. The Morgan fingerprint density at radius 3 is 2.89 bits per heavy atom. The molecule has 0 unspecified atom stereocenters. The van der Waals surface area contributed by atoms with E-state index in [4.69, 9.17) is 10.5 Å². The van der Waals surface area contributed by atoms with Crippen molar-refractivity contribution in [3.05, 3.63) is 29.6 Å². The van der Waals surface area contributed by atoms with E-state index in [1.54, 1.807) is 19.2 Å². The van der Waals surface area contributed by atoms with Gasteiger partial charge in [-0.15, -0.1) is 0 Å². The van der Waals surface area contributed by atoms with Gasteiger partial charge in [-0.05, 0) is 62.0 Å². The molecule has 100 valence electrons. The highest BCUT2D eigenvalue weighted by molar-refractivity contribution is 5.34. The third kappa shape index (κ3) is 3.43. The maximum Gasteiger partial charge on any atom is 0.123 e. The van der Waals surface area contributed by atoms with Crippen molar-refractivity contribution in [1.82, 2.24) is 5.32 Å². The van der Waals surface area contributed by atoms with Gasteiger partial charge in [-0.2, -0.15) is 0 Å². The third-order valence-corrected chi connectivity index (χ3v) is 3.52. The summed E-state index contributed by atoms with van der Waals surface area (Å²) in [5.74, 6) is 1.26. The Bertz CT molecular complexity index is 391. The van der Waals surface area contributed by atoms with E-state index in [1.807, 2.05) is 0 Å². The monoisotopic (exact) mass is 252 g/mol. The van der Waals surface area contributed by atoms with E-state index in [2.05, 4.69) is 5.32 Å².